The molecular formula is C23H16ClNO2S. The van der Waals surface area contributed by atoms with E-state index in [1.54, 1.807) is 12.1 Å². The number of amides is 2. The van der Waals surface area contributed by atoms with Gasteiger partial charge in [0.05, 0.1) is 17.0 Å². The van der Waals surface area contributed by atoms with Crippen molar-refractivity contribution in [1.29, 1.82) is 0 Å². The van der Waals surface area contributed by atoms with Crippen LogP contribution in [0.1, 0.15) is 11.1 Å². The van der Waals surface area contributed by atoms with Crippen molar-refractivity contribution in [2.24, 2.45) is 0 Å². The fourth-order valence-corrected chi connectivity index (χ4v) is 4.19. The van der Waals surface area contributed by atoms with Gasteiger partial charge in [-0.1, -0.05) is 84.0 Å². The van der Waals surface area contributed by atoms with Crippen LogP contribution in [0.2, 0.25) is 5.02 Å². The molecule has 1 aliphatic rings. The van der Waals surface area contributed by atoms with Crippen LogP contribution in [-0.4, -0.2) is 16.7 Å². The van der Waals surface area contributed by atoms with Crippen molar-refractivity contribution in [1.82, 2.24) is 4.90 Å². The first kappa shape index (κ1) is 18.5. The van der Waals surface area contributed by atoms with Crippen LogP contribution in [0.15, 0.2) is 94.7 Å². The first-order valence-electron chi connectivity index (χ1n) is 8.77. The van der Waals surface area contributed by atoms with Crippen LogP contribution >= 0.6 is 23.4 Å². The summed E-state index contributed by atoms with van der Waals surface area (Å²) in [5, 5.41) is 0.617. The average Bonchev–Trinajstić information content (AvgIpc) is 2.95. The molecule has 4 rings (SSSR count). The van der Waals surface area contributed by atoms with Crippen molar-refractivity contribution in [3.63, 3.8) is 0 Å². The number of carbonyl (C=O) groups excluding carboxylic acids is 2. The molecule has 5 heteroatoms. The fourth-order valence-electron chi connectivity index (χ4n) is 3.03. The Morgan fingerprint density at radius 1 is 0.750 bits per heavy atom. The molecule has 2 amide bonds. The van der Waals surface area contributed by atoms with Crippen molar-refractivity contribution in [3.05, 3.63) is 106 Å². The summed E-state index contributed by atoms with van der Waals surface area (Å²) in [6, 6.07) is 26.1. The third-order valence-electron chi connectivity index (χ3n) is 4.41. The Bertz CT molecular complexity index is 1050. The minimum Gasteiger partial charge on any atom is -0.269 e. The summed E-state index contributed by atoms with van der Waals surface area (Å²) >= 11 is 7.27. The van der Waals surface area contributed by atoms with Gasteiger partial charge in [-0.2, -0.15) is 0 Å². The van der Waals surface area contributed by atoms with Gasteiger partial charge in [0.2, 0.25) is 0 Å². The molecule has 0 fully saturated rings. The normalized spacial score (nSPS) is 14.1. The quantitative estimate of drug-likeness (QED) is 0.532. The molecule has 0 N–H and O–H groups in total. The zero-order chi connectivity index (χ0) is 19.5. The summed E-state index contributed by atoms with van der Waals surface area (Å²) in [4.78, 5) is 29.0. The van der Waals surface area contributed by atoms with Gasteiger partial charge >= 0.3 is 0 Å². The molecule has 0 radical (unpaired) electrons. The van der Waals surface area contributed by atoms with Crippen molar-refractivity contribution in [2.75, 3.05) is 0 Å². The number of halogens is 1. The topological polar surface area (TPSA) is 37.4 Å². The van der Waals surface area contributed by atoms with Crippen LogP contribution in [0.3, 0.4) is 0 Å². The fraction of sp³-hybridized carbons (Fsp3) is 0.0435. The van der Waals surface area contributed by atoms with Gasteiger partial charge in [0.25, 0.3) is 11.8 Å². The largest absolute Gasteiger partial charge is 0.269 e. The van der Waals surface area contributed by atoms with E-state index in [-0.39, 0.29) is 18.4 Å². The van der Waals surface area contributed by atoms with E-state index in [0.29, 0.717) is 15.5 Å². The molecule has 0 aromatic heterocycles. The Hall–Kier alpha value is -2.82. The maximum atomic E-state index is 13.2. The lowest BCUT2D eigenvalue weighted by Crippen LogP contribution is -2.30. The van der Waals surface area contributed by atoms with Crippen molar-refractivity contribution in [3.8, 4) is 0 Å². The van der Waals surface area contributed by atoms with E-state index in [9.17, 15) is 9.59 Å². The predicted octanol–water partition coefficient (Wildman–Crippen LogP) is 5.41. The van der Waals surface area contributed by atoms with E-state index in [2.05, 4.69) is 0 Å². The van der Waals surface area contributed by atoms with E-state index < -0.39 is 0 Å². The number of rotatable bonds is 5. The SMILES string of the molecule is O=C1C(Sc2ccccc2)=C(c2ccccc2)C(=O)N1Cc1ccc(Cl)cc1. The third kappa shape index (κ3) is 3.75. The van der Waals surface area contributed by atoms with Gasteiger partial charge in [-0.15, -0.1) is 0 Å². The molecule has 1 aliphatic heterocycles. The number of thioether (sulfide) groups is 1. The second kappa shape index (κ2) is 8.05. The van der Waals surface area contributed by atoms with E-state index in [0.717, 1.165) is 16.0 Å². The summed E-state index contributed by atoms with van der Waals surface area (Å²) in [5.41, 5.74) is 2.05. The minimum atomic E-state index is -0.274. The molecule has 0 atom stereocenters. The minimum absolute atomic E-state index is 0.212. The van der Waals surface area contributed by atoms with Crippen molar-refractivity contribution >= 4 is 40.8 Å². The summed E-state index contributed by atoms with van der Waals surface area (Å²) in [5.74, 6) is -0.544. The highest BCUT2D eigenvalue weighted by molar-refractivity contribution is 8.04. The Morgan fingerprint density at radius 3 is 2.00 bits per heavy atom. The van der Waals surface area contributed by atoms with Gasteiger partial charge in [-0.3, -0.25) is 14.5 Å². The molecule has 0 bridgehead atoms. The number of benzene rings is 3. The Kier molecular flexibility index (Phi) is 5.33. The molecule has 0 aliphatic carbocycles. The Balaban J connectivity index is 1.71. The number of hydrogen-bond acceptors (Lipinski definition) is 3. The smallest absolute Gasteiger partial charge is 0.268 e. The highest BCUT2D eigenvalue weighted by Gasteiger charge is 2.39. The predicted molar refractivity (Wildman–Crippen MR) is 113 cm³/mol. The summed E-state index contributed by atoms with van der Waals surface area (Å²) in [6.45, 7) is 0.212. The van der Waals surface area contributed by atoms with Gasteiger partial charge < -0.3 is 0 Å². The average molecular weight is 406 g/mol. The van der Waals surface area contributed by atoms with Crippen molar-refractivity contribution in [2.45, 2.75) is 11.4 Å². The molecule has 1 heterocycles. The van der Waals surface area contributed by atoms with E-state index in [1.807, 2.05) is 72.8 Å². The van der Waals surface area contributed by atoms with Gasteiger partial charge in [0.15, 0.2) is 0 Å². The Labute approximate surface area is 172 Å². The van der Waals surface area contributed by atoms with Crippen LogP contribution in [0.5, 0.6) is 0 Å². The molecule has 0 saturated carbocycles. The number of nitrogens with zero attached hydrogens (tertiary/aromatic N) is 1. The van der Waals surface area contributed by atoms with Crippen molar-refractivity contribution < 1.29 is 9.59 Å². The third-order valence-corrected chi connectivity index (χ3v) is 5.75. The van der Waals surface area contributed by atoms with Crippen LogP contribution in [-0.2, 0) is 16.1 Å². The first-order chi connectivity index (χ1) is 13.6. The lowest BCUT2D eigenvalue weighted by molar-refractivity contribution is -0.137. The summed E-state index contributed by atoms with van der Waals surface area (Å²) in [7, 11) is 0. The van der Waals surface area contributed by atoms with Crippen LogP contribution < -0.4 is 0 Å². The van der Waals surface area contributed by atoms with Gasteiger partial charge in [-0.05, 0) is 35.4 Å². The van der Waals surface area contributed by atoms with Gasteiger partial charge in [0, 0.05) is 9.92 Å². The number of hydrogen-bond donors (Lipinski definition) is 0. The second-order valence-corrected chi connectivity index (χ2v) is 7.83. The Morgan fingerprint density at radius 2 is 1.36 bits per heavy atom. The monoisotopic (exact) mass is 405 g/mol. The summed E-state index contributed by atoms with van der Waals surface area (Å²) < 4.78 is 0. The highest BCUT2D eigenvalue weighted by Crippen LogP contribution is 2.40. The van der Waals surface area contributed by atoms with Gasteiger partial charge in [-0.25, -0.2) is 0 Å². The molecule has 0 unspecified atom stereocenters. The lowest BCUT2D eigenvalue weighted by atomic mass is 10.1. The molecule has 0 spiro atoms. The number of imide groups is 1. The molecule has 28 heavy (non-hydrogen) atoms. The summed E-state index contributed by atoms with van der Waals surface area (Å²) in [6.07, 6.45) is 0. The van der Waals surface area contributed by atoms with E-state index in [4.69, 9.17) is 11.6 Å². The van der Waals surface area contributed by atoms with E-state index >= 15 is 0 Å². The molecular weight excluding hydrogens is 390 g/mol. The molecule has 3 aromatic carbocycles. The first-order valence-corrected chi connectivity index (χ1v) is 9.96. The van der Waals surface area contributed by atoms with Gasteiger partial charge in [0.1, 0.15) is 0 Å². The number of carbonyl (C=O) groups is 2. The molecule has 3 aromatic rings. The zero-order valence-electron chi connectivity index (χ0n) is 14.8. The maximum Gasteiger partial charge on any atom is 0.268 e. The van der Waals surface area contributed by atoms with Crippen LogP contribution in [0, 0.1) is 0 Å². The standard InChI is InChI=1S/C23H16ClNO2S/c24-18-13-11-16(12-14-18)15-25-22(26)20(17-7-3-1-4-8-17)21(23(25)27)28-19-9-5-2-6-10-19/h1-14H,15H2. The van der Waals surface area contributed by atoms with Crippen LogP contribution in [0.4, 0.5) is 0 Å². The molecule has 138 valence electrons. The van der Waals surface area contributed by atoms with E-state index in [1.165, 1.54) is 16.7 Å². The maximum absolute atomic E-state index is 13.2. The second-order valence-electron chi connectivity index (χ2n) is 6.31. The zero-order valence-corrected chi connectivity index (χ0v) is 16.4. The lowest BCUT2D eigenvalue weighted by Gasteiger charge is -2.15. The van der Waals surface area contributed by atoms with Crippen LogP contribution in [0.25, 0.3) is 5.57 Å². The highest BCUT2D eigenvalue weighted by atomic mass is 35.5. The molecule has 0 saturated heterocycles. The molecule has 3 nitrogen and oxygen atoms in total.